The average molecular weight is 277 g/mol. The summed E-state index contributed by atoms with van der Waals surface area (Å²) in [5, 5.41) is 20.2. The van der Waals surface area contributed by atoms with Gasteiger partial charge in [0.15, 0.2) is 5.78 Å². The van der Waals surface area contributed by atoms with Gasteiger partial charge in [-0.3, -0.25) is 19.7 Å². The van der Waals surface area contributed by atoms with Gasteiger partial charge in [0.2, 0.25) is 0 Å². The Bertz CT molecular complexity index is 568. The molecule has 0 amide bonds. The maximum atomic E-state index is 12.1. The number of carbonyl (C=O) groups is 2. The quantitative estimate of drug-likeness (QED) is 0.517. The highest BCUT2D eigenvalue weighted by Gasteiger charge is 2.46. The lowest BCUT2D eigenvalue weighted by Gasteiger charge is -2.31. The number of non-ortho nitro benzene ring substituents is 1. The molecule has 0 aromatic heterocycles. The minimum atomic E-state index is -1.42. The number of benzene rings is 1. The van der Waals surface area contributed by atoms with Crippen LogP contribution in [0.1, 0.15) is 31.2 Å². The number of hydrogen-bond acceptors (Lipinski definition) is 4. The first-order chi connectivity index (χ1) is 9.45. The zero-order valence-corrected chi connectivity index (χ0v) is 10.9. The van der Waals surface area contributed by atoms with Crippen molar-refractivity contribution in [3.05, 3.63) is 39.9 Å². The van der Waals surface area contributed by atoms with Gasteiger partial charge >= 0.3 is 5.97 Å². The first kappa shape index (κ1) is 14.2. The molecule has 1 unspecified atom stereocenters. The lowest BCUT2D eigenvalue weighted by atomic mass is 9.69. The zero-order chi connectivity index (χ0) is 14.8. The van der Waals surface area contributed by atoms with Crippen LogP contribution in [0.15, 0.2) is 24.3 Å². The lowest BCUT2D eigenvalue weighted by molar-refractivity contribution is -0.384. The molecule has 20 heavy (non-hydrogen) atoms. The minimum absolute atomic E-state index is 0.0167. The molecule has 1 saturated carbocycles. The molecular weight excluding hydrogens is 262 g/mol. The van der Waals surface area contributed by atoms with Crippen LogP contribution in [-0.4, -0.2) is 21.8 Å². The van der Waals surface area contributed by atoms with Crippen LogP contribution in [0, 0.1) is 15.5 Å². The molecule has 1 aromatic carbocycles. The van der Waals surface area contributed by atoms with E-state index in [2.05, 4.69) is 0 Å². The van der Waals surface area contributed by atoms with Gasteiger partial charge in [-0.15, -0.1) is 0 Å². The van der Waals surface area contributed by atoms with E-state index in [-0.39, 0.29) is 24.3 Å². The number of nitrogens with zero attached hydrogens (tertiary/aromatic N) is 1. The molecular formula is C14H15NO5. The fourth-order valence-electron chi connectivity index (χ4n) is 2.71. The lowest BCUT2D eigenvalue weighted by Crippen LogP contribution is -2.43. The smallest absolute Gasteiger partial charge is 0.317 e. The van der Waals surface area contributed by atoms with E-state index in [1.165, 1.54) is 18.2 Å². The highest BCUT2D eigenvalue weighted by Crippen LogP contribution is 2.37. The Kier molecular flexibility index (Phi) is 3.83. The molecule has 1 N–H and O–H groups in total. The van der Waals surface area contributed by atoms with Crippen LogP contribution in [0.25, 0.3) is 0 Å². The van der Waals surface area contributed by atoms with Crippen LogP contribution < -0.4 is 0 Å². The van der Waals surface area contributed by atoms with Gasteiger partial charge in [-0.1, -0.05) is 18.6 Å². The maximum absolute atomic E-state index is 12.1. The normalized spacial score (nSPS) is 22.5. The van der Waals surface area contributed by atoms with Crippen molar-refractivity contribution in [2.75, 3.05) is 0 Å². The first-order valence-corrected chi connectivity index (χ1v) is 6.46. The van der Waals surface area contributed by atoms with Gasteiger partial charge in [-0.2, -0.15) is 0 Å². The number of carboxylic acids is 1. The van der Waals surface area contributed by atoms with Crippen LogP contribution in [-0.2, 0) is 16.0 Å². The van der Waals surface area contributed by atoms with Gasteiger partial charge in [0.25, 0.3) is 5.69 Å². The molecule has 2 rings (SSSR count). The van der Waals surface area contributed by atoms with Crippen molar-refractivity contribution in [3.8, 4) is 0 Å². The Hall–Kier alpha value is -2.24. The van der Waals surface area contributed by atoms with E-state index in [1.807, 2.05) is 0 Å². The van der Waals surface area contributed by atoms with E-state index < -0.39 is 16.3 Å². The molecule has 1 aliphatic carbocycles. The predicted octanol–water partition coefficient (Wildman–Crippen LogP) is 2.35. The third kappa shape index (κ3) is 2.54. The monoisotopic (exact) mass is 277 g/mol. The standard InChI is InChI=1S/C14H15NO5/c16-12-6-1-2-7-14(12,13(17)18)9-10-4-3-5-11(8-10)15(19)20/h3-5,8H,1-2,6-7,9H2,(H,17,18). The number of ketones is 1. The Morgan fingerprint density at radius 1 is 1.40 bits per heavy atom. The summed E-state index contributed by atoms with van der Waals surface area (Å²) in [6.45, 7) is 0. The number of carbonyl (C=O) groups excluding carboxylic acids is 1. The Balaban J connectivity index is 2.33. The van der Waals surface area contributed by atoms with Crippen molar-refractivity contribution in [2.24, 2.45) is 5.41 Å². The van der Waals surface area contributed by atoms with Crippen molar-refractivity contribution in [2.45, 2.75) is 32.1 Å². The van der Waals surface area contributed by atoms with Crippen molar-refractivity contribution in [1.29, 1.82) is 0 Å². The summed E-state index contributed by atoms with van der Waals surface area (Å²) < 4.78 is 0. The van der Waals surface area contributed by atoms with Crippen LogP contribution >= 0.6 is 0 Å². The number of rotatable bonds is 4. The fourth-order valence-corrected chi connectivity index (χ4v) is 2.71. The SMILES string of the molecule is O=C(O)C1(Cc2cccc([N+](=O)[O-])c2)CCCCC1=O. The van der Waals surface area contributed by atoms with Crippen LogP contribution in [0.3, 0.4) is 0 Å². The maximum Gasteiger partial charge on any atom is 0.317 e. The van der Waals surface area contributed by atoms with Crippen LogP contribution in [0.2, 0.25) is 0 Å². The van der Waals surface area contributed by atoms with Crippen molar-refractivity contribution in [1.82, 2.24) is 0 Å². The zero-order valence-electron chi connectivity index (χ0n) is 10.9. The summed E-state index contributed by atoms with van der Waals surface area (Å²) in [5.74, 6) is -1.41. The largest absolute Gasteiger partial charge is 0.480 e. The Morgan fingerprint density at radius 2 is 2.15 bits per heavy atom. The van der Waals surface area contributed by atoms with Crippen molar-refractivity contribution >= 4 is 17.4 Å². The second kappa shape index (κ2) is 5.40. The van der Waals surface area contributed by atoms with E-state index in [0.29, 0.717) is 24.8 Å². The summed E-state index contributed by atoms with van der Waals surface area (Å²) in [4.78, 5) is 33.8. The summed E-state index contributed by atoms with van der Waals surface area (Å²) in [5.41, 5.74) is -1.00. The third-order valence-electron chi connectivity index (χ3n) is 3.83. The molecule has 1 aliphatic rings. The molecule has 1 atom stereocenters. The summed E-state index contributed by atoms with van der Waals surface area (Å²) in [7, 11) is 0. The summed E-state index contributed by atoms with van der Waals surface area (Å²) >= 11 is 0. The fraction of sp³-hybridized carbons (Fsp3) is 0.429. The van der Waals surface area contributed by atoms with Gasteiger partial charge in [-0.05, 0) is 24.8 Å². The van der Waals surface area contributed by atoms with Gasteiger partial charge in [0.05, 0.1) is 4.92 Å². The molecule has 1 aromatic rings. The molecule has 0 bridgehead atoms. The van der Waals surface area contributed by atoms with E-state index >= 15 is 0 Å². The molecule has 6 heteroatoms. The third-order valence-corrected chi connectivity index (χ3v) is 3.83. The number of carboxylic acid groups (broad SMARTS) is 1. The molecule has 0 spiro atoms. The molecule has 0 saturated heterocycles. The molecule has 0 aliphatic heterocycles. The van der Waals surface area contributed by atoms with Gasteiger partial charge < -0.3 is 5.11 Å². The average Bonchev–Trinajstić information content (AvgIpc) is 2.41. The number of Topliss-reactive ketones (excluding diaryl/α,β-unsaturated/α-hetero) is 1. The topological polar surface area (TPSA) is 97.5 Å². The molecule has 106 valence electrons. The molecule has 0 radical (unpaired) electrons. The van der Waals surface area contributed by atoms with Crippen LogP contribution in [0.4, 0.5) is 5.69 Å². The Morgan fingerprint density at radius 3 is 2.75 bits per heavy atom. The van der Waals surface area contributed by atoms with E-state index in [0.717, 1.165) is 0 Å². The number of aliphatic carboxylic acids is 1. The number of nitro groups is 1. The second-order valence-electron chi connectivity index (χ2n) is 5.12. The predicted molar refractivity (Wildman–Crippen MR) is 70.3 cm³/mol. The van der Waals surface area contributed by atoms with E-state index in [1.54, 1.807) is 6.07 Å². The summed E-state index contributed by atoms with van der Waals surface area (Å²) in [6, 6.07) is 5.82. The summed E-state index contributed by atoms with van der Waals surface area (Å²) in [6.07, 6.45) is 1.98. The van der Waals surface area contributed by atoms with Crippen molar-refractivity contribution in [3.63, 3.8) is 0 Å². The van der Waals surface area contributed by atoms with Crippen LogP contribution in [0.5, 0.6) is 0 Å². The van der Waals surface area contributed by atoms with E-state index in [9.17, 15) is 24.8 Å². The number of hydrogen-bond donors (Lipinski definition) is 1. The molecule has 6 nitrogen and oxygen atoms in total. The highest BCUT2D eigenvalue weighted by atomic mass is 16.6. The van der Waals surface area contributed by atoms with Gasteiger partial charge in [0.1, 0.15) is 5.41 Å². The molecule has 0 heterocycles. The minimum Gasteiger partial charge on any atom is -0.480 e. The Labute approximate surface area is 115 Å². The van der Waals surface area contributed by atoms with Crippen molar-refractivity contribution < 1.29 is 19.6 Å². The van der Waals surface area contributed by atoms with E-state index in [4.69, 9.17) is 0 Å². The van der Waals surface area contributed by atoms with Gasteiger partial charge in [0, 0.05) is 18.6 Å². The second-order valence-corrected chi connectivity index (χ2v) is 5.12. The first-order valence-electron chi connectivity index (χ1n) is 6.46. The highest BCUT2D eigenvalue weighted by molar-refractivity contribution is 6.03. The van der Waals surface area contributed by atoms with Gasteiger partial charge in [-0.25, -0.2) is 0 Å². The molecule has 1 fully saturated rings. The number of nitro benzene ring substituents is 1.